The van der Waals surface area contributed by atoms with Crippen LogP contribution in [0.2, 0.25) is 0 Å². The first-order valence-electron chi connectivity index (χ1n) is 9.21. The number of likely N-dealkylation sites (N-methyl/N-ethyl adjacent to an activating group) is 1. The van der Waals surface area contributed by atoms with E-state index in [1.807, 2.05) is 10.9 Å². The number of rotatable bonds is 7. The number of imidazole rings is 1. The summed E-state index contributed by atoms with van der Waals surface area (Å²) in [5.74, 6) is 0. The van der Waals surface area contributed by atoms with Crippen molar-refractivity contribution in [1.29, 1.82) is 0 Å². The van der Waals surface area contributed by atoms with Crippen molar-refractivity contribution in [3.8, 4) is 0 Å². The van der Waals surface area contributed by atoms with Gasteiger partial charge in [-0.25, -0.2) is 4.98 Å². The third kappa shape index (κ3) is 4.58. The maximum atomic E-state index is 10.4. The number of aliphatic hydroxyl groups excluding tert-OH is 1. The zero-order valence-electron chi connectivity index (χ0n) is 15.5. The smallest absolute Gasteiger partial charge is 0.0959 e. The van der Waals surface area contributed by atoms with Crippen LogP contribution in [0, 0.1) is 13.8 Å². The van der Waals surface area contributed by atoms with Gasteiger partial charge in [0, 0.05) is 26.2 Å². The number of aliphatic hydroxyl groups is 1. The molecular weight excluding hydrogens is 316 g/mol. The van der Waals surface area contributed by atoms with E-state index in [2.05, 4.69) is 48.1 Å². The molecular formula is C19H30N4O2. The summed E-state index contributed by atoms with van der Waals surface area (Å²) in [6.07, 6.45) is 1.57. The van der Waals surface area contributed by atoms with Crippen molar-refractivity contribution >= 4 is 11.0 Å². The lowest BCUT2D eigenvalue weighted by Crippen LogP contribution is -2.47. The Hall–Kier alpha value is -1.47. The Morgan fingerprint density at radius 2 is 2.16 bits per heavy atom. The minimum atomic E-state index is -0.454. The summed E-state index contributed by atoms with van der Waals surface area (Å²) in [4.78, 5) is 6.85. The van der Waals surface area contributed by atoms with Gasteiger partial charge in [-0.15, -0.1) is 0 Å². The van der Waals surface area contributed by atoms with Gasteiger partial charge in [0.2, 0.25) is 0 Å². The fourth-order valence-corrected chi connectivity index (χ4v) is 3.35. The third-order valence-electron chi connectivity index (χ3n) is 5.07. The summed E-state index contributed by atoms with van der Waals surface area (Å²) in [5, 5.41) is 13.7. The molecule has 2 aromatic rings. The highest BCUT2D eigenvalue weighted by molar-refractivity contribution is 5.77. The van der Waals surface area contributed by atoms with Gasteiger partial charge in [0.25, 0.3) is 0 Å². The number of fused-ring (bicyclic) bond motifs is 1. The van der Waals surface area contributed by atoms with Gasteiger partial charge in [0.15, 0.2) is 0 Å². The molecule has 1 saturated heterocycles. The highest BCUT2D eigenvalue weighted by Gasteiger charge is 2.19. The molecule has 0 unspecified atom stereocenters. The topological polar surface area (TPSA) is 62.6 Å². The number of aromatic nitrogens is 2. The Morgan fingerprint density at radius 1 is 1.36 bits per heavy atom. The summed E-state index contributed by atoms with van der Waals surface area (Å²) in [5.41, 5.74) is 4.56. The Labute approximate surface area is 149 Å². The predicted molar refractivity (Wildman–Crippen MR) is 99.9 cm³/mol. The van der Waals surface area contributed by atoms with Crippen LogP contribution >= 0.6 is 0 Å². The minimum absolute atomic E-state index is 0.209. The second kappa shape index (κ2) is 8.27. The maximum absolute atomic E-state index is 10.4. The molecule has 0 radical (unpaired) electrons. The van der Waals surface area contributed by atoms with Crippen molar-refractivity contribution in [3.05, 3.63) is 29.6 Å². The molecule has 6 heteroatoms. The zero-order valence-corrected chi connectivity index (χ0v) is 15.5. The lowest BCUT2D eigenvalue weighted by atomic mass is 10.1. The molecule has 2 atom stereocenters. The number of aryl methyl sites for hydroxylation is 2. The Kier molecular flexibility index (Phi) is 6.06. The third-order valence-corrected chi connectivity index (χ3v) is 5.07. The molecule has 1 aliphatic rings. The highest BCUT2D eigenvalue weighted by Crippen LogP contribution is 2.18. The number of benzene rings is 1. The molecule has 2 heterocycles. The van der Waals surface area contributed by atoms with Gasteiger partial charge in [-0.05, 0) is 43.7 Å². The number of hydrogen-bond acceptors (Lipinski definition) is 5. The van der Waals surface area contributed by atoms with Crippen LogP contribution in [0.5, 0.6) is 0 Å². The number of morpholine rings is 1. The largest absolute Gasteiger partial charge is 0.390 e. The maximum Gasteiger partial charge on any atom is 0.0959 e. The molecule has 138 valence electrons. The number of ether oxygens (including phenoxy) is 1. The van der Waals surface area contributed by atoms with Crippen LogP contribution in [-0.4, -0.2) is 71.1 Å². The monoisotopic (exact) mass is 346 g/mol. The first kappa shape index (κ1) is 18.3. The summed E-state index contributed by atoms with van der Waals surface area (Å²) in [6, 6.07) is 4.25. The van der Waals surface area contributed by atoms with E-state index >= 15 is 0 Å². The summed E-state index contributed by atoms with van der Waals surface area (Å²) in [7, 11) is 0. The van der Waals surface area contributed by atoms with E-state index in [9.17, 15) is 5.11 Å². The molecule has 0 amide bonds. The lowest BCUT2D eigenvalue weighted by molar-refractivity contribution is -0.0263. The number of nitrogens with zero attached hydrogens (tertiary/aromatic N) is 3. The molecule has 3 rings (SSSR count). The molecule has 1 aromatic carbocycles. The van der Waals surface area contributed by atoms with E-state index < -0.39 is 6.10 Å². The number of nitrogens with one attached hydrogen (secondary N) is 1. The summed E-state index contributed by atoms with van der Waals surface area (Å²) >= 11 is 0. The molecule has 0 spiro atoms. The minimum Gasteiger partial charge on any atom is -0.390 e. The van der Waals surface area contributed by atoms with Crippen LogP contribution in [0.25, 0.3) is 11.0 Å². The Bertz CT molecular complexity index is 700. The van der Waals surface area contributed by atoms with Crippen molar-refractivity contribution < 1.29 is 9.84 Å². The van der Waals surface area contributed by atoms with Gasteiger partial charge in [0.1, 0.15) is 0 Å². The van der Waals surface area contributed by atoms with Crippen LogP contribution in [0.3, 0.4) is 0 Å². The van der Waals surface area contributed by atoms with E-state index in [-0.39, 0.29) is 6.10 Å². The van der Waals surface area contributed by atoms with Gasteiger partial charge in [0.05, 0.1) is 42.7 Å². The van der Waals surface area contributed by atoms with Gasteiger partial charge in [-0.1, -0.05) is 6.92 Å². The average molecular weight is 346 g/mol. The van der Waals surface area contributed by atoms with E-state index in [4.69, 9.17) is 4.74 Å². The van der Waals surface area contributed by atoms with Crippen LogP contribution in [0.4, 0.5) is 0 Å². The zero-order chi connectivity index (χ0) is 17.8. The lowest BCUT2D eigenvalue weighted by Gasteiger charge is -2.32. The Balaban J connectivity index is 1.49. The van der Waals surface area contributed by atoms with Crippen LogP contribution in [0.1, 0.15) is 18.1 Å². The Morgan fingerprint density at radius 3 is 2.96 bits per heavy atom. The highest BCUT2D eigenvalue weighted by atomic mass is 16.5. The standard InChI is InChI=1S/C19H30N4O2/c1-4-22-5-6-25-17(12-22)10-20-9-16(24)11-23-13-21-18-7-14(2)15(3)8-19(18)23/h7-8,13,16-17,20,24H,4-6,9-12H2,1-3H3/t16-,17+/m1/s1. The van der Waals surface area contributed by atoms with E-state index in [0.717, 1.165) is 43.8 Å². The van der Waals surface area contributed by atoms with Gasteiger partial charge in [-0.2, -0.15) is 0 Å². The molecule has 2 N–H and O–H groups in total. The first-order valence-corrected chi connectivity index (χ1v) is 9.21. The summed E-state index contributed by atoms with van der Waals surface area (Å²) in [6.45, 7) is 12.1. The molecule has 0 aliphatic carbocycles. The van der Waals surface area contributed by atoms with Gasteiger partial charge in [-0.3, -0.25) is 4.90 Å². The van der Waals surface area contributed by atoms with Crippen LogP contribution in [-0.2, 0) is 11.3 Å². The average Bonchev–Trinajstić information content (AvgIpc) is 2.97. The molecule has 1 aromatic heterocycles. The van der Waals surface area contributed by atoms with Crippen molar-refractivity contribution in [2.45, 2.75) is 39.5 Å². The molecule has 0 saturated carbocycles. The predicted octanol–water partition coefficient (Wildman–Crippen LogP) is 1.32. The SMILES string of the molecule is CCN1CCO[C@@H](CNC[C@@H](O)Cn2cnc3cc(C)c(C)cc32)C1. The van der Waals surface area contributed by atoms with E-state index in [1.165, 1.54) is 11.1 Å². The molecule has 25 heavy (non-hydrogen) atoms. The fourth-order valence-electron chi connectivity index (χ4n) is 3.35. The van der Waals surface area contributed by atoms with Crippen molar-refractivity contribution in [2.24, 2.45) is 0 Å². The molecule has 6 nitrogen and oxygen atoms in total. The quantitative estimate of drug-likeness (QED) is 0.792. The van der Waals surface area contributed by atoms with Crippen molar-refractivity contribution in [2.75, 3.05) is 39.3 Å². The van der Waals surface area contributed by atoms with E-state index in [0.29, 0.717) is 13.1 Å². The van der Waals surface area contributed by atoms with Crippen molar-refractivity contribution in [3.63, 3.8) is 0 Å². The van der Waals surface area contributed by atoms with Crippen LogP contribution in [0.15, 0.2) is 18.5 Å². The van der Waals surface area contributed by atoms with Crippen LogP contribution < -0.4 is 5.32 Å². The van der Waals surface area contributed by atoms with E-state index in [1.54, 1.807) is 0 Å². The second-order valence-electron chi connectivity index (χ2n) is 7.02. The number of hydrogen-bond donors (Lipinski definition) is 2. The molecule has 1 fully saturated rings. The normalized spacial score (nSPS) is 20.2. The summed E-state index contributed by atoms with van der Waals surface area (Å²) < 4.78 is 7.81. The van der Waals surface area contributed by atoms with Crippen molar-refractivity contribution in [1.82, 2.24) is 19.8 Å². The van der Waals surface area contributed by atoms with Gasteiger partial charge >= 0.3 is 0 Å². The first-order chi connectivity index (χ1) is 12.1. The fraction of sp³-hybridized carbons (Fsp3) is 0.632. The molecule has 1 aliphatic heterocycles. The van der Waals surface area contributed by atoms with Gasteiger partial charge < -0.3 is 19.7 Å². The second-order valence-corrected chi connectivity index (χ2v) is 7.02. The molecule has 0 bridgehead atoms.